The van der Waals surface area contributed by atoms with Gasteiger partial charge in [-0.15, -0.1) is 0 Å². The second-order valence-electron chi connectivity index (χ2n) is 6.21. The Kier molecular flexibility index (Phi) is 6.80. The van der Waals surface area contributed by atoms with Gasteiger partial charge in [0.2, 0.25) is 0 Å². The molecule has 0 aliphatic carbocycles. The number of carbonyl (C=O) groups excluding carboxylic acids is 1. The highest BCUT2D eigenvalue weighted by Gasteiger charge is 2.14. The maximum absolute atomic E-state index is 12.7. The Labute approximate surface area is 182 Å². The van der Waals surface area contributed by atoms with Gasteiger partial charge in [0.05, 0.1) is 21.7 Å². The van der Waals surface area contributed by atoms with Gasteiger partial charge in [-0.2, -0.15) is 4.99 Å². The van der Waals surface area contributed by atoms with Gasteiger partial charge in [0.1, 0.15) is 0 Å². The lowest BCUT2D eigenvalue weighted by Gasteiger charge is -2.06. The molecular formula is C19H18Cl2N2O4S2. The molecule has 0 N–H and O–H groups in total. The number of aromatic nitrogens is 1. The molecule has 0 saturated heterocycles. The van der Waals surface area contributed by atoms with Crippen LogP contribution in [0, 0.1) is 0 Å². The Morgan fingerprint density at radius 2 is 1.86 bits per heavy atom. The number of carbonyl (C=O) groups is 1. The Hall–Kier alpha value is -1.71. The van der Waals surface area contributed by atoms with Gasteiger partial charge >= 0.3 is 0 Å². The molecule has 0 spiro atoms. The van der Waals surface area contributed by atoms with Gasteiger partial charge in [0.25, 0.3) is 5.91 Å². The molecule has 3 rings (SSSR count). The zero-order valence-corrected chi connectivity index (χ0v) is 18.8. The first-order valence-electron chi connectivity index (χ1n) is 8.65. The fourth-order valence-electron chi connectivity index (χ4n) is 2.71. The van der Waals surface area contributed by atoms with Crippen LogP contribution in [0.4, 0.5) is 0 Å². The second kappa shape index (κ2) is 8.97. The summed E-state index contributed by atoms with van der Waals surface area (Å²) < 4.78 is 31.7. The van der Waals surface area contributed by atoms with E-state index in [1.165, 1.54) is 29.5 Å². The van der Waals surface area contributed by atoms with Crippen molar-refractivity contribution in [1.82, 2.24) is 4.57 Å². The number of thiazole rings is 1. The summed E-state index contributed by atoms with van der Waals surface area (Å²) >= 11 is 13.2. The monoisotopic (exact) mass is 472 g/mol. The molecule has 0 atom stereocenters. The maximum Gasteiger partial charge on any atom is 0.279 e. The van der Waals surface area contributed by atoms with E-state index in [9.17, 15) is 13.2 Å². The van der Waals surface area contributed by atoms with E-state index in [-0.39, 0.29) is 10.5 Å². The minimum Gasteiger partial charge on any atom is -0.380 e. The van der Waals surface area contributed by atoms with Gasteiger partial charge in [-0.1, -0.05) is 34.5 Å². The van der Waals surface area contributed by atoms with E-state index in [0.717, 1.165) is 11.8 Å². The van der Waals surface area contributed by atoms with Crippen molar-refractivity contribution in [2.75, 3.05) is 19.5 Å². The van der Waals surface area contributed by atoms with E-state index in [1.54, 1.807) is 18.2 Å². The Morgan fingerprint density at radius 1 is 1.17 bits per heavy atom. The van der Waals surface area contributed by atoms with E-state index < -0.39 is 15.7 Å². The Bertz CT molecular complexity index is 1230. The predicted molar refractivity (Wildman–Crippen MR) is 116 cm³/mol. The van der Waals surface area contributed by atoms with Gasteiger partial charge < -0.3 is 9.30 Å². The van der Waals surface area contributed by atoms with Gasteiger partial charge in [0.15, 0.2) is 14.6 Å². The third-order valence-corrected chi connectivity index (χ3v) is 6.64. The molecule has 0 bridgehead atoms. The molecule has 3 aromatic rings. The quantitative estimate of drug-likeness (QED) is 0.503. The minimum absolute atomic E-state index is 0.211. The molecule has 0 aliphatic heterocycles. The number of sulfone groups is 1. The minimum atomic E-state index is -3.35. The number of fused-ring (bicyclic) bond motifs is 1. The van der Waals surface area contributed by atoms with Crippen molar-refractivity contribution >= 4 is 60.5 Å². The lowest BCUT2D eigenvalue weighted by atomic mass is 10.2. The maximum atomic E-state index is 12.7. The van der Waals surface area contributed by atoms with E-state index in [2.05, 4.69) is 4.99 Å². The smallest absolute Gasteiger partial charge is 0.279 e. The molecule has 0 aliphatic rings. The van der Waals surface area contributed by atoms with Gasteiger partial charge in [-0.25, -0.2) is 8.42 Å². The molecule has 10 heteroatoms. The van der Waals surface area contributed by atoms with Gasteiger partial charge in [-0.05, 0) is 43.3 Å². The van der Waals surface area contributed by atoms with Crippen LogP contribution < -0.4 is 4.80 Å². The van der Waals surface area contributed by atoms with Crippen LogP contribution in [-0.2, 0) is 21.1 Å². The summed E-state index contributed by atoms with van der Waals surface area (Å²) in [4.78, 5) is 17.6. The van der Waals surface area contributed by atoms with Gasteiger partial charge in [-0.3, -0.25) is 4.79 Å². The molecular weight excluding hydrogens is 455 g/mol. The van der Waals surface area contributed by atoms with Crippen LogP contribution in [-0.4, -0.2) is 38.4 Å². The van der Waals surface area contributed by atoms with E-state index in [1.807, 2.05) is 11.5 Å². The Balaban J connectivity index is 2.14. The number of hydrogen-bond donors (Lipinski definition) is 0. The van der Waals surface area contributed by atoms with Crippen LogP contribution in [0.15, 0.2) is 46.3 Å². The molecule has 1 amide bonds. The van der Waals surface area contributed by atoms with Crippen molar-refractivity contribution in [2.24, 2.45) is 4.99 Å². The molecule has 29 heavy (non-hydrogen) atoms. The predicted octanol–water partition coefficient (Wildman–Crippen LogP) is 4.19. The van der Waals surface area contributed by atoms with Crippen LogP contribution in [0.1, 0.15) is 17.3 Å². The lowest BCUT2D eigenvalue weighted by molar-refractivity contribution is 0.0996. The molecule has 0 fully saturated rings. The average Bonchev–Trinajstić information content (AvgIpc) is 2.97. The third-order valence-electron chi connectivity index (χ3n) is 4.05. The summed E-state index contributed by atoms with van der Waals surface area (Å²) in [7, 11) is -3.35. The summed E-state index contributed by atoms with van der Waals surface area (Å²) in [5.74, 6) is -0.491. The van der Waals surface area contributed by atoms with Crippen molar-refractivity contribution in [3.8, 4) is 0 Å². The molecule has 0 radical (unpaired) electrons. The number of hydrogen-bond acceptors (Lipinski definition) is 5. The SMILES string of the molecule is CCOCCn1c(=NC(=O)c2cc(Cl)cc(Cl)c2)sc2cc(S(C)(=O)=O)ccc21. The van der Waals surface area contributed by atoms with Crippen molar-refractivity contribution in [3.63, 3.8) is 0 Å². The van der Waals surface area contributed by atoms with Crippen LogP contribution in [0.3, 0.4) is 0 Å². The molecule has 1 aromatic heterocycles. The highest BCUT2D eigenvalue weighted by molar-refractivity contribution is 7.90. The average molecular weight is 473 g/mol. The summed E-state index contributed by atoms with van der Waals surface area (Å²) in [6.45, 7) is 3.36. The second-order valence-corrected chi connectivity index (χ2v) is 10.1. The van der Waals surface area contributed by atoms with E-state index in [0.29, 0.717) is 39.3 Å². The standard InChI is InChI=1S/C19H18Cl2N2O4S2/c1-3-27-7-6-23-16-5-4-15(29(2,25)26)11-17(16)28-19(23)22-18(24)12-8-13(20)10-14(21)9-12/h4-5,8-11H,3,6-7H2,1-2H3. The largest absolute Gasteiger partial charge is 0.380 e. The zero-order valence-electron chi connectivity index (χ0n) is 15.7. The lowest BCUT2D eigenvalue weighted by Crippen LogP contribution is -2.19. The van der Waals surface area contributed by atoms with Crippen molar-refractivity contribution < 1.29 is 17.9 Å². The molecule has 0 unspecified atom stereocenters. The highest BCUT2D eigenvalue weighted by Crippen LogP contribution is 2.23. The third kappa shape index (κ3) is 5.26. The normalized spacial score (nSPS) is 12.6. The number of rotatable bonds is 6. The molecule has 6 nitrogen and oxygen atoms in total. The van der Waals surface area contributed by atoms with Crippen molar-refractivity contribution in [3.05, 3.63) is 56.8 Å². The molecule has 2 aromatic carbocycles. The van der Waals surface area contributed by atoms with Crippen molar-refractivity contribution in [1.29, 1.82) is 0 Å². The number of amides is 1. The molecule has 1 heterocycles. The van der Waals surface area contributed by atoms with Crippen molar-refractivity contribution in [2.45, 2.75) is 18.4 Å². The number of benzene rings is 2. The number of nitrogens with zero attached hydrogens (tertiary/aromatic N) is 2. The summed E-state index contributed by atoms with van der Waals surface area (Å²) in [5, 5.41) is 0.684. The first-order chi connectivity index (χ1) is 13.7. The van der Waals surface area contributed by atoms with Crippen LogP contribution in [0.25, 0.3) is 10.2 Å². The number of ether oxygens (including phenoxy) is 1. The fraction of sp³-hybridized carbons (Fsp3) is 0.263. The number of halogens is 2. The first kappa shape index (κ1) is 22.0. The topological polar surface area (TPSA) is 77.7 Å². The van der Waals surface area contributed by atoms with E-state index in [4.69, 9.17) is 27.9 Å². The summed E-state index contributed by atoms with van der Waals surface area (Å²) in [6.07, 6.45) is 1.16. The highest BCUT2D eigenvalue weighted by atomic mass is 35.5. The van der Waals surface area contributed by atoms with Gasteiger partial charge in [0, 0.05) is 35.0 Å². The van der Waals surface area contributed by atoms with Crippen LogP contribution in [0.2, 0.25) is 10.0 Å². The zero-order chi connectivity index (χ0) is 21.2. The van der Waals surface area contributed by atoms with E-state index >= 15 is 0 Å². The van der Waals surface area contributed by atoms with Crippen LogP contribution in [0.5, 0.6) is 0 Å². The first-order valence-corrected chi connectivity index (χ1v) is 12.1. The Morgan fingerprint density at radius 3 is 2.48 bits per heavy atom. The summed E-state index contributed by atoms with van der Waals surface area (Å²) in [5.41, 5.74) is 1.05. The molecule has 154 valence electrons. The summed E-state index contributed by atoms with van der Waals surface area (Å²) in [6, 6.07) is 9.39. The van der Waals surface area contributed by atoms with Crippen LogP contribution >= 0.6 is 34.5 Å². The molecule has 0 saturated carbocycles. The fourth-order valence-corrected chi connectivity index (χ4v) is 5.06.